The average molecular weight is 278 g/mol. The van der Waals surface area contributed by atoms with E-state index in [0.29, 0.717) is 23.6 Å². The molecule has 0 unspecified atom stereocenters. The second kappa shape index (κ2) is 6.85. The summed E-state index contributed by atoms with van der Waals surface area (Å²) in [6.07, 6.45) is 1.91. The summed E-state index contributed by atoms with van der Waals surface area (Å²) >= 11 is 0. The van der Waals surface area contributed by atoms with E-state index in [1.807, 2.05) is 0 Å². The lowest BCUT2D eigenvalue weighted by molar-refractivity contribution is -0.384. The van der Waals surface area contributed by atoms with Crippen LogP contribution in [-0.2, 0) is 4.74 Å². The van der Waals surface area contributed by atoms with E-state index in [1.54, 1.807) is 6.07 Å². The summed E-state index contributed by atoms with van der Waals surface area (Å²) in [5.74, 6) is 0.621. The predicted octanol–water partition coefficient (Wildman–Crippen LogP) is 2.70. The van der Waals surface area contributed by atoms with Crippen LogP contribution in [0, 0.1) is 10.1 Å². The molecule has 0 aliphatic carbocycles. The number of hydrogen-bond acceptors (Lipinski definition) is 5. The first-order chi connectivity index (χ1) is 9.70. The van der Waals surface area contributed by atoms with Crippen LogP contribution in [0.4, 0.5) is 11.6 Å². The zero-order valence-electron chi connectivity index (χ0n) is 11.4. The fourth-order valence-electron chi connectivity index (χ4n) is 1.82. The fourth-order valence-corrected chi connectivity index (χ4v) is 1.82. The number of nitro benzene ring substituents is 1. The van der Waals surface area contributed by atoms with Crippen LogP contribution in [-0.4, -0.2) is 34.6 Å². The molecule has 1 aromatic carbocycles. The lowest BCUT2D eigenvalue weighted by atomic mass is 10.3. The quantitative estimate of drug-likeness (QED) is 0.440. The second-order valence-electron chi connectivity index (χ2n) is 4.44. The van der Waals surface area contributed by atoms with Gasteiger partial charge in [0.25, 0.3) is 5.69 Å². The van der Waals surface area contributed by atoms with Gasteiger partial charge in [-0.25, -0.2) is 4.98 Å². The van der Waals surface area contributed by atoms with E-state index >= 15 is 0 Å². The maximum atomic E-state index is 10.7. The third-order valence-corrected chi connectivity index (χ3v) is 2.78. The van der Waals surface area contributed by atoms with Crippen LogP contribution in [0.5, 0.6) is 0 Å². The number of rotatable bonds is 8. The monoisotopic (exact) mass is 278 g/mol. The van der Waals surface area contributed by atoms with Crippen molar-refractivity contribution in [3.63, 3.8) is 0 Å². The Kier molecular flexibility index (Phi) is 4.89. The highest BCUT2D eigenvalue weighted by Crippen LogP contribution is 2.20. The number of fused-ring (bicyclic) bond motifs is 1. The van der Waals surface area contributed by atoms with Crippen LogP contribution >= 0.6 is 0 Å². The Hall–Kier alpha value is -2.15. The lowest BCUT2D eigenvalue weighted by Gasteiger charge is -2.03. The Morgan fingerprint density at radius 1 is 1.45 bits per heavy atom. The van der Waals surface area contributed by atoms with E-state index < -0.39 is 4.92 Å². The van der Waals surface area contributed by atoms with Gasteiger partial charge in [-0.1, -0.05) is 6.92 Å². The SMILES string of the molecule is CCCOCCCNc1nc2ccc([N+](=O)[O-])cc2[nH]1. The first-order valence-electron chi connectivity index (χ1n) is 6.66. The Labute approximate surface area is 116 Å². The van der Waals surface area contributed by atoms with Crippen LogP contribution in [0.1, 0.15) is 19.8 Å². The molecule has 2 N–H and O–H groups in total. The number of ether oxygens (including phenoxy) is 1. The highest BCUT2D eigenvalue weighted by atomic mass is 16.6. The molecular weight excluding hydrogens is 260 g/mol. The Morgan fingerprint density at radius 3 is 3.05 bits per heavy atom. The number of non-ortho nitro benzene ring substituents is 1. The molecule has 0 aliphatic heterocycles. The molecule has 2 rings (SSSR count). The van der Waals surface area contributed by atoms with E-state index in [-0.39, 0.29) is 5.69 Å². The van der Waals surface area contributed by atoms with Gasteiger partial charge >= 0.3 is 0 Å². The summed E-state index contributed by atoms with van der Waals surface area (Å²) < 4.78 is 5.38. The molecule has 0 aliphatic rings. The smallest absolute Gasteiger partial charge is 0.271 e. The summed E-state index contributed by atoms with van der Waals surface area (Å²) in [7, 11) is 0. The van der Waals surface area contributed by atoms with Gasteiger partial charge in [0, 0.05) is 31.9 Å². The highest BCUT2D eigenvalue weighted by molar-refractivity contribution is 5.79. The number of nitrogens with zero attached hydrogens (tertiary/aromatic N) is 2. The van der Waals surface area contributed by atoms with Crippen LogP contribution < -0.4 is 5.32 Å². The van der Waals surface area contributed by atoms with E-state index in [4.69, 9.17) is 4.74 Å². The maximum absolute atomic E-state index is 10.7. The maximum Gasteiger partial charge on any atom is 0.271 e. The summed E-state index contributed by atoms with van der Waals surface area (Å²) in [6, 6.07) is 4.57. The number of imidazole rings is 1. The number of benzene rings is 1. The topological polar surface area (TPSA) is 93.1 Å². The van der Waals surface area contributed by atoms with E-state index in [1.165, 1.54) is 12.1 Å². The summed E-state index contributed by atoms with van der Waals surface area (Å²) in [5.41, 5.74) is 1.42. The Morgan fingerprint density at radius 2 is 2.30 bits per heavy atom. The van der Waals surface area contributed by atoms with E-state index in [0.717, 1.165) is 26.0 Å². The molecule has 0 spiro atoms. The first kappa shape index (κ1) is 14.3. The van der Waals surface area contributed by atoms with Gasteiger partial charge in [-0.15, -0.1) is 0 Å². The molecule has 2 aromatic rings. The van der Waals surface area contributed by atoms with Gasteiger partial charge in [0.2, 0.25) is 5.95 Å². The van der Waals surface area contributed by atoms with Crippen LogP contribution in [0.25, 0.3) is 11.0 Å². The van der Waals surface area contributed by atoms with Gasteiger partial charge in [0.1, 0.15) is 0 Å². The van der Waals surface area contributed by atoms with Crippen molar-refractivity contribution in [2.75, 3.05) is 25.1 Å². The molecule has 20 heavy (non-hydrogen) atoms. The third kappa shape index (κ3) is 3.67. The standard InChI is InChI=1S/C13H18N4O3/c1-2-7-20-8-3-6-14-13-15-11-5-4-10(17(18)19)9-12(11)16-13/h4-5,9H,2-3,6-8H2,1H3,(H2,14,15,16). The summed E-state index contributed by atoms with van der Waals surface area (Å²) in [5, 5.41) is 13.8. The molecule has 0 amide bonds. The molecule has 7 heteroatoms. The van der Waals surface area contributed by atoms with Crippen molar-refractivity contribution in [2.45, 2.75) is 19.8 Å². The third-order valence-electron chi connectivity index (χ3n) is 2.78. The fraction of sp³-hybridized carbons (Fsp3) is 0.462. The van der Waals surface area contributed by atoms with Gasteiger partial charge in [0.05, 0.1) is 16.0 Å². The summed E-state index contributed by atoms with van der Waals surface area (Å²) in [6.45, 7) is 4.32. The van der Waals surface area contributed by atoms with Gasteiger partial charge < -0.3 is 15.0 Å². The molecule has 1 aromatic heterocycles. The molecule has 0 fully saturated rings. The van der Waals surface area contributed by atoms with Crippen molar-refractivity contribution in [3.05, 3.63) is 28.3 Å². The minimum Gasteiger partial charge on any atom is -0.381 e. The molecule has 7 nitrogen and oxygen atoms in total. The molecule has 0 radical (unpaired) electrons. The normalized spacial score (nSPS) is 10.8. The Bertz CT molecular complexity index is 582. The number of aromatic amines is 1. The zero-order chi connectivity index (χ0) is 14.4. The van der Waals surface area contributed by atoms with Crippen LogP contribution in [0.3, 0.4) is 0 Å². The molecule has 0 bridgehead atoms. The largest absolute Gasteiger partial charge is 0.381 e. The molecule has 0 atom stereocenters. The molecule has 1 heterocycles. The number of H-pyrrole nitrogens is 1. The number of nitrogens with one attached hydrogen (secondary N) is 2. The minimum atomic E-state index is -0.418. The Balaban J connectivity index is 1.89. The van der Waals surface area contributed by atoms with Gasteiger partial charge in [-0.2, -0.15) is 0 Å². The second-order valence-corrected chi connectivity index (χ2v) is 4.44. The molecule has 0 saturated carbocycles. The first-order valence-corrected chi connectivity index (χ1v) is 6.66. The number of hydrogen-bond donors (Lipinski definition) is 2. The van der Waals surface area contributed by atoms with Gasteiger partial charge in [-0.05, 0) is 18.9 Å². The number of anilines is 1. The zero-order valence-corrected chi connectivity index (χ0v) is 11.4. The van der Waals surface area contributed by atoms with Crippen molar-refractivity contribution < 1.29 is 9.66 Å². The highest BCUT2D eigenvalue weighted by Gasteiger charge is 2.09. The van der Waals surface area contributed by atoms with E-state index in [9.17, 15) is 10.1 Å². The van der Waals surface area contributed by atoms with E-state index in [2.05, 4.69) is 22.2 Å². The van der Waals surface area contributed by atoms with Crippen molar-refractivity contribution in [1.29, 1.82) is 0 Å². The van der Waals surface area contributed by atoms with Gasteiger partial charge in [0.15, 0.2) is 0 Å². The summed E-state index contributed by atoms with van der Waals surface area (Å²) in [4.78, 5) is 17.6. The minimum absolute atomic E-state index is 0.0562. The van der Waals surface area contributed by atoms with Crippen molar-refractivity contribution >= 4 is 22.7 Å². The average Bonchev–Trinajstić information content (AvgIpc) is 2.84. The predicted molar refractivity (Wildman–Crippen MR) is 77.0 cm³/mol. The number of aromatic nitrogens is 2. The lowest BCUT2D eigenvalue weighted by Crippen LogP contribution is -2.07. The molecule has 108 valence electrons. The van der Waals surface area contributed by atoms with Crippen molar-refractivity contribution in [1.82, 2.24) is 9.97 Å². The van der Waals surface area contributed by atoms with Gasteiger partial charge in [-0.3, -0.25) is 10.1 Å². The molecular formula is C13H18N4O3. The van der Waals surface area contributed by atoms with Crippen molar-refractivity contribution in [3.8, 4) is 0 Å². The van der Waals surface area contributed by atoms with Crippen LogP contribution in [0.15, 0.2) is 18.2 Å². The van der Waals surface area contributed by atoms with Crippen molar-refractivity contribution in [2.24, 2.45) is 0 Å². The van der Waals surface area contributed by atoms with Crippen LogP contribution in [0.2, 0.25) is 0 Å². The molecule has 0 saturated heterocycles. The number of nitro groups is 1.